The van der Waals surface area contributed by atoms with Gasteiger partial charge in [-0.25, -0.2) is 0 Å². The number of β-amino-alcohol motifs (C(OH)–C–C–N with tert-alkyl or cyclic N) is 1. The Bertz CT molecular complexity index is 196. The van der Waals surface area contributed by atoms with Crippen molar-refractivity contribution in [2.45, 2.75) is 31.9 Å². The van der Waals surface area contributed by atoms with E-state index in [2.05, 4.69) is 11.8 Å². The van der Waals surface area contributed by atoms with Crippen molar-refractivity contribution in [2.24, 2.45) is 0 Å². The smallest absolute Gasteiger partial charge is 0.0668 e. The second-order valence-corrected chi connectivity index (χ2v) is 4.27. The standard InChI is InChI=1S/C9H15Cl2NO/c1-7-2-3-9(13)6-12(7)5-8(11)4-10/h4,7,9,13H,2-3,5-6H2,1H3/b8-4-. The minimum Gasteiger partial charge on any atom is -0.392 e. The zero-order chi connectivity index (χ0) is 9.84. The lowest BCUT2D eigenvalue weighted by Crippen LogP contribution is -2.44. The Kier molecular flexibility index (Phi) is 4.53. The molecule has 0 aromatic heterocycles. The number of aliphatic hydroxyl groups excluding tert-OH is 1. The molecule has 0 radical (unpaired) electrons. The molecule has 1 aliphatic rings. The van der Waals surface area contributed by atoms with Crippen LogP contribution < -0.4 is 0 Å². The molecule has 0 saturated carbocycles. The van der Waals surface area contributed by atoms with E-state index in [1.807, 2.05) is 0 Å². The fourth-order valence-corrected chi connectivity index (χ4v) is 1.83. The van der Waals surface area contributed by atoms with Crippen molar-refractivity contribution in [1.29, 1.82) is 0 Å². The average Bonchev–Trinajstić information content (AvgIpc) is 2.11. The Balaban J connectivity index is 2.46. The molecule has 0 bridgehead atoms. The van der Waals surface area contributed by atoms with Crippen molar-refractivity contribution in [3.05, 3.63) is 10.6 Å². The zero-order valence-corrected chi connectivity index (χ0v) is 9.22. The topological polar surface area (TPSA) is 23.5 Å². The molecular formula is C9H15Cl2NO. The molecule has 4 heteroatoms. The Labute approximate surface area is 89.1 Å². The molecule has 1 heterocycles. The molecule has 76 valence electrons. The molecular weight excluding hydrogens is 209 g/mol. The Morgan fingerprint density at radius 1 is 1.62 bits per heavy atom. The van der Waals surface area contributed by atoms with Gasteiger partial charge < -0.3 is 5.11 Å². The number of likely N-dealkylation sites (tertiary alicyclic amines) is 1. The van der Waals surface area contributed by atoms with Crippen molar-refractivity contribution >= 4 is 23.2 Å². The first-order valence-electron chi connectivity index (χ1n) is 4.50. The molecule has 0 aliphatic carbocycles. The fraction of sp³-hybridized carbons (Fsp3) is 0.778. The van der Waals surface area contributed by atoms with Crippen LogP contribution in [0.5, 0.6) is 0 Å². The van der Waals surface area contributed by atoms with E-state index in [0.717, 1.165) is 12.8 Å². The lowest BCUT2D eigenvalue weighted by atomic mass is 10.0. The van der Waals surface area contributed by atoms with Crippen LogP contribution >= 0.6 is 23.2 Å². The summed E-state index contributed by atoms with van der Waals surface area (Å²) in [7, 11) is 0. The first-order valence-corrected chi connectivity index (χ1v) is 5.31. The van der Waals surface area contributed by atoms with Gasteiger partial charge in [0.15, 0.2) is 0 Å². The highest BCUT2D eigenvalue weighted by molar-refractivity contribution is 6.36. The van der Waals surface area contributed by atoms with E-state index in [9.17, 15) is 5.11 Å². The van der Waals surface area contributed by atoms with Crippen LogP contribution in [0.25, 0.3) is 0 Å². The van der Waals surface area contributed by atoms with E-state index >= 15 is 0 Å². The third kappa shape index (κ3) is 3.47. The maximum absolute atomic E-state index is 9.45. The zero-order valence-electron chi connectivity index (χ0n) is 7.71. The number of hydrogen-bond acceptors (Lipinski definition) is 2. The highest BCUT2D eigenvalue weighted by atomic mass is 35.5. The van der Waals surface area contributed by atoms with Crippen molar-refractivity contribution in [3.63, 3.8) is 0 Å². The monoisotopic (exact) mass is 223 g/mol. The molecule has 1 fully saturated rings. The first kappa shape index (κ1) is 11.3. The third-order valence-electron chi connectivity index (χ3n) is 2.46. The van der Waals surface area contributed by atoms with Gasteiger partial charge in [-0.2, -0.15) is 0 Å². The second kappa shape index (κ2) is 5.20. The molecule has 1 aliphatic heterocycles. The highest BCUT2D eigenvalue weighted by Gasteiger charge is 2.23. The molecule has 1 saturated heterocycles. The summed E-state index contributed by atoms with van der Waals surface area (Å²) in [6.07, 6.45) is 1.70. The molecule has 0 aromatic rings. The summed E-state index contributed by atoms with van der Waals surface area (Å²) in [4.78, 5) is 2.15. The van der Waals surface area contributed by atoms with Crippen LogP contribution in [0.1, 0.15) is 19.8 Å². The molecule has 2 atom stereocenters. The average molecular weight is 224 g/mol. The molecule has 0 amide bonds. The summed E-state index contributed by atoms with van der Waals surface area (Å²) in [5, 5.41) is 10.1. The van der Waals surface area contributed by atoms with E-state index < -0.39 is 0 Å². The van der Waals surface area contributed by atoms with Crippen molar-refractivity contribution < 1.29 is 5.11 Å². The minimum absolute atomic E-state index is 0.212. The molecule has 0 aromatic carbocycles. The Morgan fingerprint density at radius 2 is 2.31 bits per heavy atom. The summed E-state index contributed by atoms with van der Waals surface area (Å²) in [6.45, 7) is 3.48. The quantitative estimate of drug-likeness (QED) is 0.776. The highest BCUT2D eigenvalue weighted by Crippen LogP contribution is 2.19. The van der Waals surface area contributed by atoms with Crippen LogP contribution in [0.2, 0.25) is 0 Å². The van der Waals surface area contributed by atoms with Gasteiger partial charge >= 0.3 is 0 Å². The van der Waals surface area contributed by atoms with Crippen molar-refractivity contribution in [2.75, 3.05) is 13.1 Å². The fourth-order valence-electron chi connectivity index (χ4n) is 1.61. The number of aliphatic hydroxyl groups is 1. The van der Waals surface area contributed by atoms with Gasteiger partial charge in [0.25, 0.3) is 0 Å². The first-order chi connectivity index (χ1) is 6.13. The van der Waals surface area contributed by atoms with Crippen LogP contribution in [-0.2, 0) is 0 Å². The maximum Gasteiger partial charge on any atom is 0.0668 e. The van der Waals surface area contributed by atoms with Crippen LogP contribution in [0.3, 0.4) is 0 Å². The minimum atomic E-state index is -0.212. The normalized spacial score (nSPS) is 32.2. The third-order valence-corrected chi connectivity index (χ3v) is 3.06. The maximum atomic E-state index is 9.45. The Morgan fingerprint density at radius 3 is 2.92 bits per heavy atom. The van der Waals surface area contributed by atoms with Crippen molar-refractivity contribution in [3.8, 4) is 0 Å². The van der Waals surface area contributed by atoms with Crippen LogP contribution in [0, 0.1) is 0 Å². The summed E-state index contributed by atoms with van der Waals surface area (Å²) >= 11 is 11.3. The van der Waals surface area contributed by atoms with E-state index in [1.165, 1.54) is 5.54 Å². The van der Waals surface area contributed by atoms with Gasteiger partial charge in [0.05, 0.1) is 6.10 Å². The molecule has 13 heavy (non-hydrogen) atoms. The van der Waals surface area contributed by atoms with Crippen LogP contribution in [0.15, 0.2) is 10.6 Å². The summed E-state index contributed by atoms with van der Waals surface area (Å²) in [6, 6.07) is 0.480. The lowest BCUT2D eigenvalue weighted by Gasteiger charge is -2.35. The molecule has 1 rings (SSSR count). The summed E-state index contributed by atoms with van der Waals surface area (Å²) in [5.41, 5.74) is 1.38. The van der Waals surface area contributed by atoms with Crippen LogP contribution in [-0.4, -0.2) is 35.2 Å². The van der Waals surface area contributed by atoms with Crippen molar-refractivity contribution in [1.82, 2.24) is 4.90 Å². The predicted molar refractivity (Wildman–Crippen MR) is 56.1 cm³/mol. The van der Waals surface area contributed by atoms with Gasteiger partial charge in [0, 0.05) is 29.7 Å². The number of piperidine rings is 1. The van der Waals surface area contributed by atoms with Gasteiger partial charge in [0.2, 0.25) is 0 Å². The van der Waals surface area contributed by atoms with Gasteiger partial charge in [-0.1, -0.05) is 23.2 Å². The number of rotatable bonds is 2. The predicted octanol–water partition coefficient (Wildman–Crippen LogP) is 2.15. The number of halogens is 2. The molecule has 2 nitrogen and oxygen atoms in total. The largest absolute Gasteiger partial charge is 0.392 e. The number of nitrogens with zero attached hydrogens (tertiary/aromatic N) is 1. The van der Waals surface area contributed by atoms with E-state index in [-0.39, 0.29) is 6.10 Å². The lowest BCUT2D eigenvalue weighted by molar-refractivity contribution is 0.0476. The molecule has 0 spiro atoms. The van der Waals surface area contributed by atoms with Gasteiger partial charge in [-0.15, -0.1) is 0 Å². The van der Waals surface area contributed by atoms with Gasteiger partial charge in [-0.3, -0.25) is 4.90 Å². The van der Waals surface area contributed by atoms with Gasteiger partial charge in [-0.05, 0) is 19.8 Å². The summed E-state index contributed by atoms with van der Waals surface area (Å²) < 4.78 is 0. The number of hydrogen-bond donors (Lipinski definition) is 1. The molecule has 2 unspecified atom stereocenters. The van der Waals surface area contributed by atoms with E-state index in [4.69, 9.17) is 23.2 Å². The second-order valence-electron chi connectivity index (χ2n) is 3.57. The Hall–Kier alpha value is 0.240. The van der Waals surface area contributed by atoms with E-state index in [0.29, 0.717) is 24.2 Å². The summed E-state index contributed by atoms with van der Waals surface area (Å²) in [5.74, 6) is 0. The van der Waals surface area contributed by atoms with Gasteiger partial charge in [0.1, 0.15) is 0 Å². The SMILES string of the molecule is CC1CCC(O)CN1C/C(Cl)=C/Cl. The van der Waals surface area contributed by atoms with E-state index in [1.54, 1.807) is 0 Å². The van der Waals surface area contributed by atoms with Crippen LogP contribution in [0.4, 0.5) is 0 Å². The molecule has 1 N–H and O–H groups in total.